The molecule has 1 atom stereocenters. The number of pyridine rings is 1. The number of carbonyl (C=O) groups is 1. The molecule has 0 aliphatic carbocycles. The summed E-state index contributed by atoms with van der Waals surface area (Å²) in [6, 6.07) is 7.10. The van der Waals surface area contributed by atoms with E-state index in [1.54, 1.807) is 18.3 Å². The first-order valence-corrected chi connectivity index (χ1v) is 6.95. The molecule has 0 fully saturated rings. The Labute approximate surface area is 122 Å². The molecule has 1 amide bonds. The van der Waals surface area contributed by atoms with Crippen molar-refractivity contribution in [1.29, 1.82) is 0 Å². The van der Waals surface area contributed by atoms with E-state index in [0.29, 0.717) is 22.5 Å². The largest absolute Gasteiger partial charge is 0.396 e. The van der Waals surface area contributed by atoms with E-state index in [-0.39, 0.29) is 18.6 Å². The molecule has 0 aliphatic rings. The maximum absolute atomic E-state index is 12.3. The van der Waals surface area contributed by atoms with E-state index in [1.807, 2.05) is 19.1 Å². The molecule has 20 heavy (non-hydrogen) atoms. The Bertz CT molecular complexity index is 616. The Hall–Kier alpha value is -1.65. The Morgan fingerprint density at radius 3 is 3.05 bits per heavy atom. The van der Waals surface area contributed by atoms with Gasteiger partial charge in [0.25, 0.3) is 5.91 Å². The highest BCUT2D eigenvalue weighted by Crippen LogP contribution is 2.22. The van der Waals surface area contributed by atoms with Gasteiger partial charge in [0.05, 0.1) is 11.1 Å². The number of nitrogens with one attached hydrogen (secondary N) is 1. The van der Waals surface area contributed by atoms with Gasteiger partial charge in [-0.1, -0.05) is 17.7 Å². The molecule has 1 aromatic carbocycles. The molecule has 5 heteroatoms. The molecular formula is C15H17ClN2O2. The van der Waals surface area contributed by atoms with Crippen molar-refractivity contribution in [2.75, 3.05) is 6.61 Å². The SMILES string of the molecule is CC(CCCO)NC(=O)c1cc(Cl)cc2cccnc12. The molecule has 4 nitrogen and oxygen atoms in total. The number of amides is 1. The zero-order valence-electron chi connectivity index (χ0n) is 11.3. The quantitative estimate of drug-likeness (QED) is 0.891. The molecule has 0 aliphatic heterocycles. The molecule has 0 spiro atoms. The van der Waals surface area contributed by atoms with Crippen molar-refractivity contribution in [1.82, 2.24) is 10.3 Å². The number of aromatic nitrogens is 1. The van der Waals surface area contributed by atoms with Crippen LogP contribution in [0.2, 0.25) is 5.02 Å². The lowest BCUT2D eigenvalue weighted by Crippen LogP contribution is -2.32. The number of aliphatic hydroxyl groups is 1. The Balaban J connectivity index is 2.25. The van der Waals surface area contributed by atoms with E-state index >= 15 is 0 Å². The maximum Gasteiger partial charge on any atom is 0.253 e. The lowest BCUT2D eigenvalue weighted by atomic mass is 10.1. The second-order valence-corrected chi connectivity index (χ2v) is 5.21. The van der Waals surface area contributed by atoms with Crippen LogP contribution in [-0.4, -0.2) is 28.6 Å². The summed E-state index contributed by atoms with van der Waals surface area (Å²) >= 11 is 6.05. The van der Waals surface area contributed by atoms with Gasteiger partial charge in [-0.05, 0) is 38.0 Å². The molecule has 0 bridgehead atoms. The highest BCUT2D eigenvalue weighted by molar-refractivity contribution is 6.32. The molecule has 2 N–H and O–H groups in total. The lowest BCUT2D eigenvalue weighted by Gasteiger charge is -2.14. The van der Waals surface area contributed by atoms with Crippen molar-refractivity contribution in [3.8, 4) is 0 Å². The van der Waals surface area contributed by atoms with Gasteiger partial charge in [0.2, 0.25) is 0 Å². The van der Waals surface area contributed by atoms with Crippen LogP contribution in [0.25, 0.3) is 10.9 Å². The van der Waals surface area contributed by atoms with E-state index < -0.39 is 0 Å². The summed E-state index contributed by atoms with van der Waals surface area (Å²) < 4.78 is 0. The molecule has 106 valence electrons. The first-order chi connectivity index (χ1) is 9.61. The van der Waals surface area contributed by atoms with Crippen LogP contribution < -0.4 is 5.32 Å². The highest BCUT2D eigenvalue weighted by atomic mass is 35.5. The maximum atomic E-state index is 12.3. The summed E-state index contributed by atoms with van der Waals surface area (Å²) in [5, 5.41) is 13.1. The van der Waals surface area contributed by atoms with Gasteiger partial charge in [-0.2, -0.15) is 0 Å². The van der Waals surface area contributed by atoms with Gasteiger partial charge in [-0.25, -0.2) is 0 Å². The summed E-state index contributed by atoms with van der Waals surface area (Å²) in [7, 11) is 0. The lowest BCUT2D eigenvalue weighted by molar-refractivity contribution is 0.0938. The minimum absolute atomic E-state index is 0.00704. The van der Waals surface area contributed by atoms with Gasteiger partial charge in [0.1, 0.15) is 0 Å². The standard InChI is InChI=1S/C15H17ClN2O2/c1-10(4-3-7-19)18-15(20)13-9-12(16)8-11-5-2-6-17-14(11)13/h2,5-6,8-10,19H,3-4,7H2,1H3,(H,18,20). The molecule has 2 rings (SSSR count). The number of hydrogen-bond donors (Lipinski definition) is 2. The van der Waals surface area contributed by atoms with Crippen molar-refractivity contribution in [2.45, 2.75) is 25.8 Å². The van der Waals surface area contributed by atoms with Crippen LogP contribution >= 0.6 is 11.6 Å². The minimum Gasteiger partial charge on any atom is -0.396 e. The third-order valence-electron chi connectivity index (χ3n) is 3.09. The van der Waals surface area contributed by atoms with E-state index in [0.717, 1.165) is 11.8 Å². The monoisotopic (exact) mass is 292 g/mol. The number of hydrogen-bond acceptors (Lipinski definition) is 3. The molecule has 2 aromatic rings. The van der Waals surface area contributed by atoms with Crippen LogP contribution in [0.15, 0.2) is 30.5 Å². The van der Waals surface area contributed by atoms with Crippen molar-refractivity contribution >= 4 is 28.4 Å². The van der Waals surface area contributed by atoms with Crippen molar-refractivity contribution in [3.05, 3.63) is 41.0 Å². The summed E-state index contributed by atoms with van der Waals surface area (Å²) in [6.45, 7) is 2.04. The average Bonchev–Trinajstić information content (AvgIpc) is 2.44. The second kappa shape index (κ2) is 6.68. The van der Waals surface area contributed by atoms with E-state index in [4.69, 9.17) is 16.7 Å². The summed E-state index contributed by atoms with van der Waals surface area (Å²) in [4.78, 5) is 16.6. The second-order valence-electron chi connectivity index (χ2n) is 4.77. The van der Waals surface area contributed by atoms with Crippen LogP contribution in [0, 0.1) is 0 Å². The molecule has 0 saturated heterocycles. The molecule has 0 saturated carbocycles. The van der Waals surface area contributed by atoms with Crippen molar-refractivity contribution in [2.24, 2.45) is 0 Å². The van der Waals surface area contributed by atoms with Gasteiger partial charge in [-0.15, -0.1) is 0 Å². The predicted octanol–water partition coefficient (Wildman–Crippen LogP) is 2.78. The third kappa shape index (κ3) is 3.46. The fourth-order valence-electron chi connectivity index (χ4n) is 2.10. The molecular weight excluding hydrogens is 276 g/mol. The van der Waals surface area contributed by atoms with Crippen molar-refractivity contribution < 1.29 is 9.90 Å². The average molecular weight is 293 g/mol. The number of halogens is 1. The van der Waals surface area contributed by atoms with E-state index in [1.165, 1.54) is 0 Å². The van der Waals surface area contributed by atoms with Crippen LogP contribution in [0.5, 0.6) is 0 Å². The smallest absolute Gasteiger partial charge is 0.253 e. The molecule has 1 heterocycles. The zero-order chi connectivity index (χ0) is 14.5. The highest BCUT2D eigenvalue weighted by Gasteiger charge is 2.14. The molecule has 1 aromatic heterocycles. The summed E-state index contributed by atoms with van der Waals surface area (Å²) in [5.74, 6) is -0.193. The third-order valence-corrected chi connectivity index (χ3v) is 3.31. The minimum atomic E-state index is -0.193. The first-order valence-electron chi connectivity index (χ1n) is 6.58. The molecule has 1 unspecified atom stereocenters. The number of benzene rings is 1. The topological polar surface area (TPSA) is 62.2 Å². The summed E-state index contributed by atoms with van der Waals surface area (Å²) in [6.07, 6.45) is 3.05. The fourth-order valence-corrected chi connectivity index (χ4v) is 2.33. The Kier molecular flexibility index (Phi) is 4.93. The number of fused-ring (bicyclic) bond motifs is 1. The van der Waals surface area contributed by atoms with E-state index in [2.05, 4.69) is 10.3 Å². The zero-order valence-corrected chi connectivity index (χ0v) is 12.0. The van der Waals surface area contributed by atoms with Gasteiger partial charge in [-0.3, -0.25) is 9.78 Å². The van der Waals surface area contributed by atoms with Crippen LogP contribution in [0.3, 0.4) is 0 Å². The normalized spacial score (nSPS) is 12.3. The first kappa shape index (κ1) is 14.8. The number of carbonyl (C=O) groups excluding carboxylic acids is 1. The number of nitrogens with zero attached hydrogens (tertiary/aromatic N) is 1. The molecule has 0 radical (unpaired) electrons. The predicted molar refractivity (Wildman–Crippen MR) is 80.0 cm³/mol. The van der Waals surface area contributed by atoms with Gasteiger partial charge >= 0.3 is 0 Å². The van der Waals surface area contributed by atoms with E-state index in [9.17, 15) is 4.79 Å². The number of rotatable bonds is 5. The van der Waals surface area contributed by atoms with Gasteiger partial charge < -0.3 is 10.4 Å². The fraction of sp³-hybridized carbons (Fsp3) is 0.333. The van der Waals surface area contributed by atoms with Crippen LogP contribution in [0.4, 0.5) is 0 Å². The number of aliphatic hydroxyl groups excluding tert-OH is 1. The van der Waals surface area contributed by atoms with Crippen LogP contribution in [0.1, 0.15) is 30.1 Å². The van der Waals surface area contributed by atoms with Gasteiger partial charge in [0.15, 0.2) is 0 Å². The van der Waals surface area contributed by atoms with Gasteiger partial charge in [0, 0.05) is 29.3 Å². The Morgan fingerprint density at radius 1 is 1.50 bits per heavy atom. The summed E-state index contributed by atoms with van der Waals surface area (Å²) in [5.41, 5.74) is 1.12. The van der Waals surface area contributed by atoms with Crippen molar-refractivity contribution in [3.63, 3.8) is 0 Å². The van der Waals surface area contributed by atoms with Crippen LogP contribution in [-0.2, 0) is 0 Å². The Morgan fingerprint density at radius 2 is 2.30 bits per heavy atom.